The fraction of sp³-hybridized carbons (Fsp3) is 0.870. The summed E-state index contributed by atoms with van der Waals surface area (Å²) >= 11 is 0. The Labute approximate surface area is 373 Å². The van der Waals surface area contributed by atoms with Crippen LogP contribution in [0.3, 0.4) is 0 Å². The first-order chi connectivity index (χ1) is 29.5. The van der Waals surface area contributed by atoms with Crippen molar-refractivity contribution in [3.05, 3.63) is 36.5 Å². The maximum atomic E-state index is 12.6. The maximum absolute atomic E-state index is 12.6. The summed E-state index contributed by atoms with van der Waals surface area (Å²) in [5, 5.41) is 43.8. The van der Waals surface area contributed by atoms with E-state index >= 15 is 0 Å². The van der Waals surface area contributed by atoms with Gasteiger partial charge in [-0.25, -0.2) is 0 Å². The summed E-state index contributed by atoms with van der Waals surface area (Å²) in [7, 11) is 0. The molecule has 0 saturated heterocycles. The lowest BCUT2D eigenvalue weighted by molar-refractivity contribution is -0.132. The second-order valence-electron chi connectivity index (χ2n) is 18.2. The maximum Gasteiger partial charge on any atom is 0.249 e. The van der Waals surface area contributed by atoms with Gasteiger partial charge in [-0.05, 0) is 77.0 Å². The zero-order valence-corrected chi connectivity index (χ0v) is 40.0. The van der Waals surface area contributed by atoms with Crippen LogP contribution in [0.1, 0.15) is 271 Å². The normalized spacial score (nSPS) is 14.2. The highest BCUT2D eigenvalue weighted by atomic mass is 16.3. The number of aliphatic hydroxyl groups is 4. The van der Waals surface area contributed by atoms with E-state index in [1.807, 2.05) is 0 Å². The Kier molecular flexibility index (Phi) is 47.4. The zero-order chi connectivity index (χ0) is 43.8. The lowest BCUT2D eigenvalue weighted by atomic mass is 10.00. The molecule has 354 valence electrons. The van der Waals surface area contributed by atoms with Crippen molar-refractivity contribution in [1.29, 1.82) is 0 Å². The minimum atomic E-state index is -1.29. The van der Waals surface area contributed by atoms with Gasteiger partial charge in [-0.15, -0.1) is 0 Å². The molecule has 0 saturated carbocycles. The zero-order valence-electron chi connectivity index (χ0n) is 40.0. The van der Waals surface area contributed by atoms with Crippen molar-refractivity contribution in [2.24, 2.45) is 0 Å². The van der Waals surface area contributed by atoms with Crippen molar-refractivity contribution in [2.75, 3.05) is 6.61 Å². The van der Waals surface area contributed by atoms with Gasteiger partial charge in [0.15, 0.2) is 0 Å². The number of hydrogen-bond donors (Lipinski definition) is 5. The van der Waals surface area contributed by atoms with E-state index in [2.05, 4.69) is 55.6 Å². The second-order valence-corrected chi connectivity index (χ2v) is 18.2. The average molecular weight is 846 g/mol. The third-order valence-corrected chi connectivity index (χ3v) is 12.3. The van der Waals surface area contributed by atoms with Crippen molar-refractivity contribution in [1.82, 2.24) is 5.32 Å². The van der Waals surface area contributed by atoms with Crippen LogP contribution in [0.5, 0.6) is 0 Å². The van der Waals surface area contributed by atoms with Crippen LogP contribution >= 0.6 is 0 Å². The van der Waals surface area contributed by atoms with Crippen LogP contribution < -0.4 is 5.32 Å². The number of hydrogen-bond acceptors (Lipinski definition) is 5. The number of carbonyl (C=O) groups is 1. The molecule has 0 bridgehead atoms. The Morgan fingerprint density at radius 2 is 0.700 bits per heavy atom. The van der Waals surface area contributed by atoms with Gasteiger partial charge in [0, 0.05) is 0 Å². The predicted octanol–water partition coefficient (Wildman–Crippen LogP) is 14.9. The monoisotopic (exact) mass is 846 g/mol. The summed E-state index contributed by atoms with van der Waals surface area (Å²) in [6.45, 7) is 4.06. The quantitative estimate of drug-likeness (QED) is 0.0309. The van der Waals surface area contributed by atoms with Crippen LogP contribution in [0.15, 0.2) is 36.5 Å². The summed E-state index contributed by atoms with van der Waals surface area (Å²) in [4.78, 5) is 12.6. The minimum absolute atomic E-state index is 0.359. The molecule has 5 N–H and O–H groups in total. The highest BCUT2D eigenvalue weighted by Crippen LogP contribution is 2.16. The standard InChI is InChI=1S/C54H103NO5/c1-3-5-7-9-11-13-15-17-19-21-23-24-25-26-27-28-29-30-32-34-36-38-40-42-44-46-48-52(58)54(60)55-50(49-56)53(59)51(57)47-45-43-41-39-37-35-33-31-22-20-18-16-14-12-10-8-6-4-2/h26-27,31,33,39,41,50-53,56-59H,3-25,28-30,32,34-38,40,42-49H2,1-2H3,(H,55,60)/b27-26-,33-31+,41-39+. The van der Waals surface area contributed by atoms with Crippen LogP contribution in [-0.4, -0.2) is 57.3 Å². The highest BCUT2D eigenvalue weighted by molar-refractivity contribution is 5.80. The smallest absolute Gasteiger partial charge is 0.249 e. The Morgan fingerprint density at radius 3 is 1.05 bits per heavy atom. The molecule has 0 spiro atoms. The molecule has 4 unspecified atom stereocenters. The van der Waals surface area contributed by atoms with E-state index in [0.717, 1.165) is 38.5 Å². The van der Waals surface area contributed by atoms with Crippen molar-refractivity contribution >= 4 is 5.91 Å². The molecule has 6 heteroatoms. The van der Waals surface area contributed by atoms with E-state index in [1.54, 1.807) is 0 Å². The largest absolute Gasteiger partial charge is 0.394 e. The Balaban J connectivity index is 3.69. The molecule has 1 amide bonds. The van der Waals surface area contributed by atoms with E-state index in [-0.39, 0.29) is 0 Å². The highest BCUT2D eigenvalue weighted by Gasteiger charge is 2.28. The topological polar surface area (TPSA) is 110 Å². The molecule has 0 rings (SSSR count). The third kappa shape index (κ3) is 41.9. The number of rotatable bonds is 48. The summed E-state index contributed by atoms with van der Waals surface area (Å²) < 4.78 is 0. The van der Waals surface area contributed by atoms with Gasteiger partial charge in [0.1, 0.15) is 12.2 Å². The molecule has 0 radical (unpaired) electrons. The Bertz CT molecular complexity index is 950. The van der Waals surface area contributed by atoms with Crippen LogP contribution in [0.4, 0.5) is 0 Å². The van der Waals surface area contributed by atoms with E-state index < -0.39 is 36.9 Å². The number of unbranched alkanes of at least 4 members (excludes halogenated alkanes) is 33. The van der Waals surface area contributed by atoms with E-state index in [4.69, 9.17) is 0 Å². The Hall–Kier alpha value is -1.47. The van der Waals surface area contributed by atoms with Gasteiger partial charge in [0.2, 0.25) is 5.91 Å². The summed E-state index contributed by atoms with van der Waals surface area (Å²) in [6.07, 6.45) is 59.1. The van der Waals surface area contributed by atoms with Gasteiger partial charge in [0.05, 0.1) is 18.8 Å². The third-order valence-electron chi connectivity index (χ3n) is 12.3. The van der Waals surface area contributed by atoms with E-state index in [0.29, 0.717) is 19.3 Å². The number of carbonyl (C=O) groups excluding carboxylic acids is 1. The molecule has 0 aliphatic carbocycles. The number of aliphatic hydroxyl groups excluding tert-OH is 4. The first kappa shape index (κ1) is 58.5. The van der Waals surface area contributed by atoms with Gasteiger partial charge in [0.25, 0.3) is 0 Å². The van der Waals surface area contributed by atoms with Crippen LogP contribution in [0.2, 0.25) is 0 Å². The molecule has 0 fully saturated rings. The first-order valence-corrected chi connectivity index (χ1v) is 26.4. The van der Waals surface area contributed by atoms with Crippen molar-refractivity contribution in [3.63, 3.8) is 0 Å². The van der Waals surface area contributed by atoms with Crippen LogP contribution in [-0.2, 0) is 4.79 Å². The molecule has 0 aliphatic rings. The van der Waals surface area contributed by atoms with Gasteiger partial charge < -0.3 is 25.7 Å². The molecule has 6 nitrogen and oxygen atoms in total. The SMILES string of the molecule is CCCCCCCCCCC/C=C/CC/C=C/CCCC(O)C(O)C(CO)NC(=O)C(O)CCCCCCCCCCCC/C=C\CCCCCCCCCCCCCC. The van der Waals surface area contributed by atoms with Gasteiger partial charge in [-0.2, -0.15) is 0 Å². The van der Waals surface area contributed by atoms with Crippen LogP contribution in [0.25, 0.3) is 0 Å². The van der Waals surface area contributed by atoms with Gasteiger partial charge in [-0.1, -0.05) is 230 Å². The molecular formula is C54H103NO5. The number of amides is 1. The second kappa shape index (κ2) is 48.6. The molecule has 4 atom stereocenters. The minimum Gasteiger partial charge on any atom is -0.394 e. The number of allylic oxidation sites excluding steroid dienone is 6. The first-order valence-electron chi connectivity index (χ1n) is 26.4. The molecule has 0 aliphatic heterocycles. The number of nitrogens with one attached hydrogen (secondary N) is 1. The average Bonchev–Trinajstić information content (AvgIpc) is 3.25. The predicted molar refractivity (Wildman–Crippen MR) is 260 cm³/mol. The molecule has 0 aromatic carbocycles. The molecule has 0 heterocycles. The van der Waals surface area contributed by atoms with Gasteiger partial charge in [-0.3, -0.25) is 4.79 Å². The van der Waals surface area contributed by atoms with E-state index in [1.165, 1.54) is 199 Å². The van der Waals surface area contributed by atoms with Crippen molar-refractivity contribution in [3.8, 4) is 0 Å². The summed E-state index contributed by atoms with van der Waals surface area (Å²) in [5.74, 6) is -0.597. The molecule has 0 aromatic heterocycles. The molecule has 60 heavy (non-hydrogen) atoms. The molecular weight excluding hydrogens is 743 g/mol. The van der Waals surface area contributed by atoms with Crippen molar-refractivity contribution < 1.29 is 25.2 Å². The fourth-order valence-electron chi connectivity index (χ4n) is 8.12. The molecule has 0 aromatic rings. The lowest BCUT2D eigenvalue weighted by Crippen LogP contribution is -2.53. The Morgan fingerprint density at radius 1 is 0.400 bits per heavy atom. The lowest BCUT2D eigenvalue weighted by Gasteiger charge is -2.27. The summed E-state index contributed by atoms with van der Waals surface area (Å²) in [5.41, 5.74) is 0. The summed E-state index contributed by atoms with van der Waals surface area (Å²) in [6, 6.07) is -1.01. The van der Waals surface area contributed by atoms with Gasteiger partial charge >= 0.3 is 0 Å². The van der Waals surface area contributed by atoms with E-state index in [9.17, 15) is 25.2 Å². The fourth-order valence-corrected chi connectivity index (χ4v) is 8.12. The van der Waals surface area contributed by atoms with Crippen molar-refractivity contribution in [2.45, 2.75) is 295 Å². The van der Waals surface area contributed by atoms with Crippen LogP contribution in [0, 0.1) is 0 Å².